The van der Waals surface area contributed by atoms with E-state index in [0.29, 0.717) is 31.9 Å². The summed E-state index contributed by atoms with van der Waals surface area (Å²) < 4.78 is 39.3. The second-order valence-electron chi connectivity index (χ2n) is 8.89. The number of aromatic nitrogens is 2. The maximum Gasteiger partial charge on any atom is 0.416 e. The Balaban J connectivity index is 1.39. The van der Waals surface area contributed by atoms with Crippen molar-refractivity contribution in [2.45, 2.75) is 38.8 Å². The number of nitrogens with zero attached hydrogens (tertiary/aromatic N) is 4. The standard InChI is InChI=1S/C26H27F3N4/c1-18-9-11-19(12-10-18)24-22-7-2-3-8-23(22)30-25(31-24)33-15-13-32(14-16-33)21-6-4-5-20(17-21)26(27,28)29/h4-6,9-12,17H,2-3,7-8,13-16H2,1H3. The highest BCUT2D eigenvalue weighted by Gasteiger charge is 2.31. The Bertz CT molecular complexity index is 1130. The lowest BCUT2D eigenvalue weighted by Crippen LogP contribution is -2.47. The number of hydrogen-bond donors (Lipinski definition) is 0. The predicted octanol–water partition coefficient (Wildman–Crippen LogP) is 5.68. The van der Waals surface area contributed by atoms with Crippen molar-refractivity contribution in [1.29, 1.82) is 0 Å². The number of halogens is 3. The molecule has 33 heavy (non-hydrogen) atoms. The van der Waals surface area contributed by atoms with Gasteiger partial charge in [-0.25, -0.2) is 9.97 Å². The van der Waals surface area contributed by atoms with Crippen molar-refractivity contribution in [3.05, 3.63) is 70.9 Å². The SMILES string of the molecule is Cc1ccc(-c2nc(N3CCN(c4cccc(C(F)(F)F)c4)CC3)nc3c2CCCC3)cc1. The first-order valence-corrected chi connectivity index (χ1v) is 11.5. The fourth-order valence-electron chi connectivity index (χ4n) is 4.72. The van der Waals surface area contributed by atoms with Crippen molar-refractivity contribution in [2.24, 2.45) is 0 Å². The number of anilines is 2. The molecule has 0 bridgehead atoms. The number of benzene rings is 2. The van der Waals surface area contributed by atoms with E-state index in [1.54, 1.807) is 6.07 Å². The number of alkyl halides is 3. The van der Waals surface area contributed by atoms with Crippen LogP contribution in [-0.2, 0) is 19.0 Å². The van der Waals surface area contributed by atoms with E-state index in [1.165, 1.54) is 23.3 Å². The van der Waals surface area contributed by atoms with Gasteiger partial charge >= 0.3 is 6.18 Å². The van der Waals surface area contributed by atoms with E-state index in [9.17, 15) is 13.2 Å². The van der Waals surface area contributed by atoms with Gasteiger partial charge < -0.3 is 9.80 Å². The van der Waals surface area contributed by atoms with E-state index in [0.717, 1.165) is 54.6 Å². The molecule has 2 aliphatic rings. The van der Waals surface area contributed by atoms with Crippen LogP contribution >= 0.6 is 0 Å². The van der Waals surface area contributed by atoms with Crippen LogP contribution in [0.4, 0.5) is 24.8 Å². The van der Waals surface area contributed by atoms with Crippen LogP contribution < -0.4 is 9.80 Å². The molecule has 0 unspecified atom stereocenters. The number of piperazine rings is 1. The van der Waals surface area contributed by atoms with Gasteiger partial charge in [0, 0.05) is 48.7 Å². The Labute approximate surface area is 192 Å². The quantitative estimate of drug-likeness (QED) is 0.512. The van der Waals surface area contributed by atoms with Crippen molar-refractivity contribution in [1.82, 2.24) is 9.97 Å². The summed E-state index contributed by atoms with van der Waals surface area (Å²) >= 11 is 0. The van der Waals surface area contributed by atoms with E-state index in [-0.39, 0.29) is 0 Å². The summed E-state index contributed by atoms with van der Waals surface area (Å²) in [6.45, 7) is 4.67. The minimum absolute atomic E-state index is 0.608. The Hall–Kier alpha value is -3.09. The molecule has 0 atom stereocenters. The van der Waals surface area contributed by atoms with Crippen LogP contribution in [0.25, 0.3) is 11.3 Å². The lowest BCUT2D eigenvalue weighted by molar-refractivity contribution is -0.137. The van der Waals surface area contributed by atoms with E-state index in [1.807, 2.05) is 4.90 Å². The Kier molecular flexibility index (Phi) is 5.72. The molecule has 0 amide bonds. The molecule has 2 aromatic carbocycles. The highest BCUT2D eigenvalue weighted by molar-refractivity contribution is 5.66. The summed E-state index contributed by atoms with van der Waals surface area (Å²) in [5.74, 6) is 0.731. The van der Waals surface area contributed by atoms with E-state index in [4.69, 9.17) is 9.97 Å². The molecule has 3 aromatic rings. The minimum atomic E-state index is -4.33. The van der Waals surface area contributed by atoms with Crippen LogP contribution in [0.2, 0.25) is 0 Å². The van der Waals surface area contributed by atoms with Crippen LogP contribution in [0.5, 0.6) is 0 Å². The molecule has 1 aliphatic carbocycles. The summed E-state index contributed by atoms with van der Waals surface area (Å²) in [6, 6.07) is 14.1. The van der Waals surface area contributed by atoms with E-state index < -0.39 is 11.7 Å². The molecule has 1 fully saturated rings. The summed E-state index contributed by atoms with van der Waals surface area (Å²) in [4.78, 5) is 14.1. The van der Waals surface area contributed by atoms with Crippen LogP contribution in [-0.4, -0.2) is 36.1 Å². The van der Waals surface area contributed by atoms with Gasteiger partial charge in [0.25, 0.3) is 0 Å². The van der Waals surface area contributed by atoms with Crippen molar-refractivity contribution >= 4 is 11.6 Å². The monoisotopic (exact) mass is 452 g/mol. The Morgan fingerprint density at radius 2 is 1.52 bits per heavy atom. The van der Waals surface area contributed by atoms with E-state index in [2.05, 4.69) is 36.1 Å². The molecular weight excluding hydrogens is 425 g/mol. The van der Waals surface area contributed by atoms with Gasteiger partial charge in [-0.3, -0.25) is 0 Å². The van der Waals surface area contributed by atoms with Gasteiger partial charge in [0.05, 0.1) is 11.3 Å². The molecule has 7 heteroatoms. The molecule has 0 radical (unpaired) electrons. The lowest BCUT2D eigenvalue weighted by Gasteiger charge is -2.37. The molecular formula is C26H27F3N4. The number of fused-ring (bicyclic) bond motifs is 1. The molecule has 2 heterocycles. The zero-order valence-electron chi connectivity index (χ0n) is 18.7. The fourth-order valence-corrected chi connectivity index (χ4v) is 4.72. The number of aryl methyl sites for hydroxylation is 2. The fraction of sp³-hybridized carbons (Fsp3) is 0.385. The van der Waals surface area contributed by atoms with Gasteiger partial charge in [-0.2, -0.15) is 13.2 Å². The first kappa shape index (κ1) is 21.7. The molecule has 0 saturated carbocycles. The van der Waals surface area contributed by atoms with Crippen LogP contribution in [0.1, 0.15) is 35.2 Å². The smallest absolute Gasteiger partial charge is 0.368 e. The van der Waals surface area contributed by atoms with Gasteiger partial charge in [0.2, 0.25) is 5.95 Å². The van der Waals surface area contributed by atoms with Crippen molar-refractivity contribution in [3.8, 4) is 11.3 Å². The third-order valence-corrected chi connectivity index (χ3v) is 6.60. The maximum atomic E-state index is 13.1. The van der Waals surface area contributed by atoms with Crippen LogP contribution in [0.3, 0.4) is 0 Å². The second kappa shape index (κ2) is 8.69. The van der Waals surface area contributed by atoms with Gasteiger partial charge in [0.15, 0.2) is 0 Å². The Morgan fingerprint density at radius 3 is 2.24 bits per heavy atom. The van der Waals surface area contributed by atoms with Gasteiger partial charge in [-0.1, -0.05) is 35.9 Å². The minimum Gasteiger partial charge on any atom is -0.368 e. The molecule has 4 nitrogen and oxygen atoms in total. The third-order valence-electron chi connectivity index (χ3n) is 6.60. The van der Waals surface area contributed by atoms with E-state index >= 15 is 0 Å². The van der Waals surface area contributed by atoms with Crippen molar-refractivity contribution < 1.29 is 13.2 Å². The summed E-state index contributed by atoms with van der Waals surface area (Å²) in [5, 5.41) is 0. The average Bonchev–Trinajstić information content (AvgIpc) is 2.83. The van der Waals surface area contributed by atoms with Crippen LogP contribution in [0.15, 0.2) is 48.5 Å². The lowest BCUT2D eigenvalue weighted by atomic mass is 9.92. The van der Waals surface area contributed by atoms with Crippen molar-refractivity contribution in [2.75, 3.05) is 36.0 Å². The molecule has 1 aliphatic heterocycles. The first-order chi connectivity index (χ1) is 15.9. The normalized spacial score (nSPS) is 16.6. The zero-order valence-corrected chi connectivity index (χ0v) is 18.7. The average molecular weight is 453 g/mol. The van der Waals surface area contributed by atoms with Crippen molar-refractivity contribution in [3.63, 3.8) is 0 Å². The molecule has 5 rings (SSSR count). The highest BCUT2D eigenvalue weighted by Crippen LogP contribution is 2.33. The third kappa shape index (κ3) is 4.54. The molecule has 172 valence electrons. The number of rotatable bonds is 3. The highest BCUT2D eigenvalue weighted by atomic mass is 19.4. The molecule has 1 aromatic heterocycles. The predicted molar refractivity (Wildman–Crippen MR) is 125 cm³/mol. The molecule has 0 spiro atoms. The second-order valence-corrected chi connectivity index (χ2v) is 8.89. The van der Waals surface area contributed by atoms with Gasteiger partial charge in [-0.05, 0) is 50.8 Å². The number of hydrogen-bond acceptors (Lipinski definition) is 4. The summed E-state index contributed by atoms with van der Waals surface area (Å²) in [5.41, 5.74) is 5.76. The largest absolute Gasteiger partial charge is 0.416 e. The van der Waals surface area contributed by atoms with Gasteiger partial charge in [0.1, 0.15) is 0 Å². The molecule has 0 N–H and O–H groups in total. The Morgan fingerprint density at radius 1 is 0.818 bits per heavy atom. The first-order valence-electron chi connectivity index (χ1n) is 11.5. The molecule has 1 saturated heterocycles. The zero-order chi connectivity index (χ0) is 23.0. The van der Waals surface area contributed by atoms with Gasteiger partial charge in [-0.15, -0.1) is 0 Å². The summed E-state index contributed by atoms with van der Waals surface area (Å²) in [6.07, 6.45) is -0.0679. The van der Waals surface area contributed by atoms with Crippen LogP contribution in [0, 0.1) is 6.92 Å². The summed E-state index contributed by atoms with van der Waals surface area (Å²) in [7, 11) is 0. The maximum absolute atomic E-state index is 13.1. The topological polar surface area (TPSA) is 32.3 Å².